The number of amidine groups is 1. The summed E-state index contributed by atoms with van der Waals surface area (Å²) in [4.78, 5) is 42.1. The molecule has 13 nitrogen and oxygen atoms in total. The van der Waals surface area contributed by atoms with Gasteiger partial charge in [0.05, 0.1) is 34.5 Å². The zero-order valence-electron chi connectivity index (χ0n) is 33.4. The largest absolute Gasteiger partial charge is 0.591 e. The van der Waals surface area contributed by atoms with E-state index >= 15 is 8.78 Å². The zero-order valence-corrected chi connectivity index (χ0v) is 35.0. The molecule has 4 N–H and O–H groups in total. The van der Waals surface area contributed by atoms with E-state index in [9.17, 15) is 40.5 Å². The van der Waals surface area contributed by atoms with Gasteiger partial charge < -0.3 is 20.9 Å². The lowest BCUT2D eigenvalue weighted by Crippen LogP contribution is -2.38. The Morgan fingerprint density at radius 3 is 2.33 bits per heavy atom. The molecule has 0 radical (unpaired) electrons. The third kappa shape index (κ3) is 9.66. The van der Waals surface area contributed by atoms with Crippen molar-refractivity contribution in [2.24, 2.45) is 16.0 Å². The second-order valence-corrected chi connectivity index (χ2v) is 17.0. The van der Waals surface area contributed by atoms with E-state index in [-0.39, 0.29) is 44.3 Å². The topological polar surface area (TPSA) is 181 Å². The number of carbonyl (C=O) groups excluding carboxylic acids is 1. The Hall–Kier alpha value is -5.61. The summed E-state index contributed by atoms with van der Waals surface area (Å²) in [6.45, 7) is 2.30. The van der Waals surface area contributed by atoms with E-state index in [1.54, 1.807) is 19.9 Å². The molecule has 0 bridgehead atoms. The minimum Gasteiger partial charge on any atom is -0.591 e. The highest BCUT2D eigenvalue weighted by Gasteiger charge is 2.51. The van der Waals surface area contributed by atoms with Gasteiger partial charge in [-0.3, -0.25) is 18.8 Å². The van der Waals surface area contributed by atoms with Crippen molar-refractivity contribution in [1.29, 1.82) is 0 Å². The number of carbonyl (C=O) groups is 1. The summed E-state index contributed by atoms with van der Waals surface area (Å²) in [6, 6.07) is 5.78. The van der Waals surface area contributed by atoms with Crippen molar-refractivity contribution in [3.63, 3.8) is 0 Å². The van der Waals surface area contributed by atoms with Crippen LogP contribution in [-0.2, 0) is 41.5 Å². The molecular weight excluding hydrogens is 888 g/mol. The number of nitrogens with two attached hydrogens (primary N) is 1. The molecule has 1 saturated carbocycles. The van der Waals surface area contributed by atoms with E-state index in [4.69, 9.17) is 17.3 Å². The van der Waals surface area contributed by atoms with Gasteiger partial charge in [0, 0.05) is 54.3 Å². The summed E-state index contributed by atoms with van der Waals surface area (Å²) in [7, 11) is 0. The maximum atomic E-state index is 15.5. The molecule has 334 valence electrons. The Morgan fingerprint density at radius 2 is 1.71 bits per heavy atom. The maximum Gasteiger partial charge on any atom is 0.292 e. The molecular formula is C40H37ClF8N10O3S. The van der Waals surface area contributed by atoms with Crippen LogP contribution in [0.3, 0.4) is 0 Å². The number of rotatable bonds is 15. The number of hydrogen-bond acceptors (Lipinski definition) is 9. The van der Waals surface area contributed by atoms with Gasteiger partial charge in [0.1, 0.15) is 57.7 Å². The molecule has 63 heavy (non-hydrogen) atoms. The van der Waals surface area contributed by atoms with E-state index in [1.807, 2.05) is 0 Å². The Balaban J connectivity index is 1.45. The Bertz CT molecular complexity index is 2640. The summed E-state index contributed by atoms with van der Waals surface area (Å²) < 4.78 is 135. The van der Waals surface area contributed by atoms with Crippen molar-refractivity contribution >= 4 is 40.4 Å². The third-order valence-corrected chi connectivity index (χ3v) is 12.0. The first-order chi connectivity index (χ1) is 29.7. The fourth-order valence-electron chi connectivity index (χ4n) is 7.38. The molecule has 2 aromatic carbocycles. The number of nitrogens with one attached hydrogen (secondary N) is 2. The highest BCUT2D eigenvalue weighted by atomic mass is 35.5. The molecule has 5 aromatic rings. The number of aromatic nitrogens is 6. The first kappa shape index (κ1) is 45.4. The molecule has 3 unspecified atom stereocenters. The van der Waals surface area contributed by atoms with Crippen LogP contribution in [0.5, 0.6) is 0 Å². The van der Waals surface area contributed by atoms with E-state index in [2.05, 4.69) is 35.1 Å². The minimum absolute atomic E-state index is 0.0883. The van der Waals surface area contributed by atoms with Gasteiger partial charge >= 0.3 is 0 Å². The number of anilines is 1. The van der Waals surface area contributed by atoms with Crippen LogP contribution in [0.2, 0.25) is 5.02 Å². The summed E-state index contributed by atoms with van der Waals surface area (Å²) in [6.07, 6.45) is -6.11. The summed E-state index contributed by atoms with van der Waals surface area (Å²) >= 11 is 4.74. The smallest absolute Gasteiger partial charge is 0.292 e. The Labute approximate surface area is 361 Å². The van der Waals surface area contributed by atoms with Crippen molar-refractivity contribution in [3.8, 4) is 17.2 Å². The maximum absolute atomic E-state index is 15.5. The number of alkyl halides is 6. The van der Waals surface area contributed by atoms with Gasteiger partial charge in [-0.1, -0.05) is 18.5 Å². The normalized spacial score (nSPS) is 17.0. The van der Waals surface area contributed by atoms with E-state index in [1.165, 1.54) is 12.1 Å². The molecule has 23 heteroatoms. The second kappa shape index (κ2) is 17.9. The molecule has 0 saturated heterocycles. The van der Waals surface area contributed by atoms with Crippen molar-refractivity contribution in [1.82, 2.24) is 34.6 Å². The van der Waals surface area contributed by atoms with Gasteiger partial charge in [-0.15, -0.1) is 0 Å². The van der Waals surface area contributed by atoms with Gasteiger partial charge in [-0.2, -0.15) is 13.9 Å². The van der Waals surface area contributed by atoms with Crippen molar-refractivity contribution in [2.75, 3.05) is 11.9 Å². The fraction of sp³-hybridized carbons (Fsp3) is 0.375. The molecule has 0 aliphatic heterocycles. The highest BCUT2D eigenvalue weighted by Crippen LogP contribution is 2.48. The van der Waals surface area contributed by atoms with E-state index < -0.39 is 120 Å². The first-order valence-electron chi connectivity index (χ1n) is 19.3. The third-order valence-electron chi connectivity index (χ3n) is 10.3. The number of amides is 1. The molecule has 2 aliphatic carbocycles. The Morgan fingerprint density at radius 1 is 1.05 bits per heavy atom. The van der Waals surface area contributed by atoms with Gasteiger partial charge in [0.15, 0.2) is 11.7 Å². The number of benzene rings is 2. The lowest BCUT2D eigenvalue weighted by atomic mass is 10.0. The van der Waals surface area contributed by atoms with Gasteiger partial charge in [0.25, 0.3) is 24.3 Å². The molecule has 3 heterocycles. The predicted octanol–water partition coefficient (Wildman–Crippen LogP) is 6.96. The van der Waals surface area contributed by atoms with Crippen LogP contribution in [0, 0.1) is 31.4 Å². The lowest BCUT2D eigenvalue weighted by molar-refractivity contribution is -0.123. The number of aryl methyl sites for hydroxylation is 2. The van der Waals surface area contributed by atoms with E-state index in [0.29, 0.717) is 35.0 Å². The fourth-order valence-corrected chi connectivity index (χ4v) is 8.60. The summed E-state index contributed by atoms with van der Waals surface area (Å²) in [5.74, 6) is -9.31. The van der Waals surface area contributed by atoms with Crippen LogP contribution in [0.25, 0.3) is 17.2 Å². The molecule has 3 atom stereocenters. The van der Waals surface area contributed by atoms with Crippen LogP contribution in [0.1, 0.15) is 77.5 Å². The van der Waals surface area contributed by atoms with Gasteiger partial charge in [0.2, 0.25) is 5.91 Å². The standard InChI is InChI=1S/C40H37ClF8N10O3S/c1-17-8-24-33(36(46)47)56-58(35(24)40(17,48)49)16-30(60)54-27(12-20-10-21(42)13-22(43)11-20)39-55-26(38-52-18(2)9-19(3)53-38)14-31(61)59(39)28-7-6-25(41)32(34(28)51-15-29(44)45)37(50)57-63(62)23-4-5-23/h6-7,9-11,13-14,17,23,27,29,36,51H,4-5,8,12,15-16H2,1-3H3,(H2,50,57)(H,54,60). The van der Waals surface area contributed by atoms with Crippen LogP contribution in [-0.4, -0.2) is 63.8 Å². The van der Waals surface area contributed by atoms with Crippen molar-refractivity contribution in [3.05, 3.63) is 115 Å². The molecule has 2 aliphatic rings. The SMILES string of the molecule is Cc1cc(C)nc(-c2cc(=O)n(-c3ccc(Cl)c(C(N)=N[S+]([O-])C4CC4)c3NCC(F)F)c(C(Cc3cc(F)cc(F)c3)NC(=O)Cn3nc(C(F)F)c4c3C(F)(F)C(C)C4)n2)n1. The van der Waals surface area contributed by atoms with Crippen LogP contribution < -0.4 is 21.9 Å². The van der Waals surface area contributed by atoms with Crippen LogP contribution in [0.15, 0.2) is 51.7 Å². The van der Waals surface area contributed by atoms with Gasteiger partial charge in [-0.05, 0) is 60.6 Å². The number of fused-ring (bicyclic) bond motifs is 1. The zero-order chi connectivity index (χ0) is 45.7. The highest BCUT2D eigenvalue weighted by molar-refractivity contribution is 7.91. The molecule has 1 amide bonds. The van der Waals surface area contributed by atoms with Crippen molar-refractivity contribution in [2.45, 2.75) is 83.1 Å². The number of nitrogens with zero attached hydrogens (tertiary/aromatic N) is 7. The number of hydrogen-bond donors (Lipinski definition) is 3. The van der Waals surface area contributed by atoms with Crippen LogP contribution >= 0.6 is 11.6 Å². The van der Waals surface area contributed by atoms with Crippen LogP contribution in [0.4, 0.5) is 40.8 Å². The second-order valence-electron chi connectivity index (χ2n) is 15.2. The monoisotopic (exact) mass is 924 g/mol. The average molecular weight is 925 g/mol. The quantitative estimate of drug-likeness (QED) is 0.0433. The summed E-state index contributed by atoms with van der Waals surface area (Å²) in [5, 5.41) is 8.25. The minimum atomic E-state index is -3.67. The first-order valence-corrected chi connectivity index (χ1v) is 20.8. The molecule has 7 rings (SSSR count). The lowest BCUT2D eigenvalue weighted by Gasteiger charge is -2.26. The summed E-state index contributed by atoms with van der Waals surface area (Å²) in [5.41, 5.74) is 2.85. The predicted molar refractivity (Wildman–Crippen MR) is 217 cm³/mol. The molecule has 3 aromatic heterocycles. The van der Waals surface area contributed by atoms with Crippen molar-refractivity contribution < 1.29 is 44.5 Å². The average Bonchev–Trinajstić information content (AvgIpc) is 3.93. The van der Waals surface area contributed by atoms with E-state index in [0.717, 1.165) is 29.7 Å². The van der Waals surface area contributed by atoms with Gasteiger partial charge in [-0.25, -0.2) is 41.3 Å². The number of halogens is 9. The Kier molecular flexibility index (Phi) is 12.9. The molecule has 0 spiro atoms. The molecule has 1 fully saturated rings.